The fourth-order valence-corrected chi connectivity index (χ4v) is 2.04. The molecule has 2 aromatic heterocycles. The van der Waals surface area contributed by atoms with Gasteiger partial charge in [-0.1, -0.05) is 19.4 Å². The third kappa shape index (κ3) is 3.45. The summed E-state index contributed by atoms with van der Waals surface area (Å²) in [4.78, 5) is 16.5. The van der Waals surface area contributed by atoms with Crippen LogP contribution in [0, 0.1) is 11.3 Å². The zero-order valence-electron chi connectivity index (χ0n) is 12.1. The highest BCUT2D eigenvalue weighted by Crippen LogP contribution is 2.12. The van der Waals surface area contributed by atoms with Crippen molar-refractivity contribution in [3.05, 3.63) is 42.4 Å². The van der Waals surface area contributed by atoms with Crippen LogP contribution in [0.15, 0.2) is 36.7 Å². The number of carbonyl (C=O) groups is 1. The highest BCUT2D eigenvalue weighted by molar-refractivity contribution is 5.93. The van der Waals surface area contributed by atoms with Crippen molar-refractivity contribution in [3.8, 4) is 11.9 Å². The molecule has 0 spiro atoms. The number of amides is 1. The Hall–Kier alpha value is -2.68. The molecule has 2 heterocycles. The topological polar surface area (TPSA) is 83.6 Å². The second-order valence-electron chi connectivity index (χ2n) is 4.98. The number of pyridine rings is 1. The maximum absolute atomic E-state index is 12.3. The lowest BCUT2D eigenvalue weighted by Gasteiger charge is -2.22. The molecule has 6 nitrogen and oxygen atoms in total. The molecule has 2 aromatic rings. The molecule has 0 aliphatic rings. The first-order valence-corrected chi connectivity index (χ1v) is 6.79. The molecule has 1 amide bonds. The van der Waals surface area contributed by atoms with E-state index in [2.05, 4.69) is 21.5 Å². The van der Waals surface area contributed by atoms with Gasteiger partial charge in [0.05, 0.1) is 6.07 Å². The molecule has 108 valence electrons. The minimum absolute atomic E-state index is 0.264. The maximum Gasteiger partial charge on any atom is 0.271 e. The van der Waals surface area contributed by atoms with Crippen molar-refractivity contribution in [2.75, 3.05) is 0 Å². The van der Waals surface area contributed by atoms with Crippen molar-refractivity contribution in [3.63, 3.8) is 0 Å². The number of hydrogen-bond acceptors (Lipinski definition) is 4. The minimum Gasteiger partial charge on any atom is -0.333 e. The van der Waals surface area contributed by atoms with E-state index in [1.807, 2.05) is 6.92 Å². The molecule has 6 heteroatoms. The number of carbonyl (C=O) groups excluding carboxylic acids is 1. The number of aromatic nitrogens is 3. The Morgan fingerprint density at radius 2 is 2.29 bits per heavy atom. The van der Waals surface area contributed by atoms with Gasteiger partial charge < -0.3 is 5.32 Å². The molecular formula is C15H17N5O. The Balaban J connectivity index is 2.21. The third-order valence-corrected chi connectivity index (χ3v) is 3.09. The molecule has 21 heavy (non-hydrogen) atoms. The monoisotopic (exact) mass is 283 g/mol. The van der Waals surface area contributed by atoms with Gasteiger partial charge in [0.2, 0.25) is 0 Å². The zero-order chi connectivity index (χ0) is 15.3. The van der Waals surface area contributed by atoms with Crippen LogP contribution in [0.5, 0.6) is 0 Å². The van der Waals surface area contributed by atoms with Crippen molar-refractivity contribution in [2.45, 2.75) is 32.2 Å². The van der Waals surface area contributed by atoms with Crippen molar-refractivity contribution in [1.29, 1.82) is 5.26 Å². The van der Waals surface area contributed by atoms with Crippen LogP contribution in [0.1, 0.15) is 37.2 Å². The van der Waals surface area contributed by atoms with E-state index in [4.69, 9.17) is 0 Å². The van der Waals surface area contributed by atoms with Gasteiger partial charge in [-0.15, -0.1) is 0 Å². The van der Waals surface area contributed by atoms with Gasteiger partial charge in [0.15, 0.2) is 5.82 Å². The van der Waals surface area contributed by atoms with Crippen LogP contribution in [0.2, 0.25) is 0 Å². The van der Waals surface area contributed by atoms with Gasteiger partial charge in [-0.2, -0.15) is 10.4 Å². The van der Waals surface area contributed by atoms with Crippen LogP contribution >= 0.6 is 0 Å². The van der Waals surface area contributed by atoms with Gasteiger partial charge in [-0.05, 0) is 31.5 Å². The summed E-state index contributed by atoms with van der Waals surface area (Å²) in [6.07, 6.45) is 4.79. The fourth-order valence-electron chi connectivity index (χ4n) is 2.04. The van der Waals surface area contributed by atoms with E-state index < -0.39 is 5.54 Å². The predicted octanol–water partition coefficient (Wildman–Crippen LogP) is 2.08. The van der Waals surface area contributed by atoms with Gasteiger partial charge in [0, 0.05) is 12.4 Å². The number of nitrogens with zero attached hydrogens (tertiary/aromatic N) is 4. The van der Waals surface area contributed by atoms with Crippen LogP contribution < -0.4 is 5.32 Å². The smallest absolute Gasteiger partial charge is 0.271 e. The average molecular weight is 283 g/mol. The molecule has 0 saturated heterocycles. The molecule has 0 aromatic carbocycles. The summed E-state index contributed by atoms with van der Waals surface area (Å²) < 4.78 is 1.58. The molecule has 0 saturated carbocycles. The first-order chi connectivity index (χ1) is 10.1. The lowest BCUT2D eigenvalue weighted by molar-refractivity contribution is 0.0916. The summed E-state index contributed by atoms with van der Waals surface area (Å²) in [5.74, 6) is 0.198. The highest BCUT2D eigenvalue weighted by Gasteiger charge is 2.26. The summed E-state index contributed by atoms with van der Waals surface area (Å²) >= 11 is 0. The number of rotatable bonds is 5. The van der Waals surface area contributed by atoms with E-state index in [1.165, 1.54) is 0 Å². The zero-order valence-corrected chi connectivity index (χ0v) is 12.1. The number of nitriles is 1. The van der Waals surface area contributed by atoms with Crippen LogP contribution in [-0.4, -0.2) is 26.2 Å². The first-order valence-electron chi connectivity index (χ1n) is 6.79. The van der Waals surface area contributed by atoms with Crippen LogP contribution in [0.3, 0.4) is 0 Å². The standard InChI is InChI=1S/C15H17N5O/c1-3-8-15(2,11-16)19-14(21)12-6-4-7-13(18-12)20-10-5-9-17-20/h4-7,9-10H,3,8H2,1-2H3,(H,19,21)/t15-/m1/s1. The molecule has 0 aliphatic carbocycles. The van der Waals surface area contributed by atoms with Crippen LogP contribution in [0.4, 0.5) is 0 Å². The van der Waals surface area contributed by atoms with Gasteiger partial charge in [-0.3, -0.25) is 4.79 Å². The largest absolute Gasteiger partial charge is 0.333 e. The van der Waals surface area contributed by atoms with E-state index in [1.54, 1.807) is 48.3 Å². The molecule has 0 fully saturated rings. The van der Waals surface area contributed by atoms with Crippen LogP contribution in [-0.2, 0) is 0 Å². The predicted molar refractivity (Wildman–Crippen MR) is 77.8 cm³/mol. The SMILES string of the molecule is CCC[C@](C)(C#N)NC(=O)c1cccc(-n2cccn2)n1. The molecule has 2 rings (SSSR count). The quantitative estimate of drug-likeness (QED) is 0.910. The van der Waals surface area contributed by atoms with Crippen molar-refractivity contribution in [1.82, 2.24) is 20.1 Å². The van der Waals surface area contributed by atoms with Crippen molar-refractivity contribution >= 4 is 5.91 Å². The first kappa shape index (κ1) is 14.7. The molecule has 0 bridgehead atoms. The molecule has 0 unspecified atom stereocenters. The Morgan fingerprint density at radius 3 is 2.90 bits per heavy atom. The molecule has 1 atom stereocenters. The summed E-state index contributed by atoms with van der Waals surface area (Å²) in [7, 11) is 0. The summed E-state index contributed by atoms with van der Waals surface area (Å²) in [5.41, 5.74) is -0.615. The van der Waals surface area contributed by atoms with Gasteiger partial charge in [-0.25, -0.2) is 9.67 Å². The van der Waals surface area contributed by atoms with E-state index >= 15 is 0 Å². The van der Waals surface area contributed by atoms with E-state index in [0.717, 1.165) is 6.42 Å². The Bertz CT molecular complexity index is 659. The third-order valence-electron chi connectivity index (χ3n) is 3.09. The van der Waals surface area contributed by atoms with Gasteiger partial charge in [0.1, 0.15) is 11.2 Å². The van der Waals surface area contributed by atoms with E-state index in [0.29, 0.717) is 12.2 Å². The maximum atomic E-state index is 12.3. The molecule has 0 aliphatic heterocycles. The number of nitrogens with one attached hydrogen (secondary N) is 1. The molecule has 0 radical (unpaired) electrons. The lowest BCUT2D eigenvalue weighted by Crippen LogP contribution is -2.45. The molecular weight excluding hydrogens is 266 g/mol. The number of hydrogen-bond donors (Lipinski definition) is 1. The van der Waals surface area contributed by atoms with Crippen LogP contribution in [0.25, 0.3) is 5.82 Å². The Kier molecular flexibility index (Phi) is 4.33. The fraction of sp³-hybridized carbons (Fsp3) is 0.333. The van der Waals surface area contributed by atoms with E-state index in [-0.39, 0.29) is 11.6 Å². The lowest BCUT2D eigenvalue weighted by atomic mass is 9.98. The highest BCUT2D eigenvalue weighted by atomic mass is 16.2. The summed E-state index contributed by atoms with van der Waals surface area (Å²) in [6, 6.07) is 9.04. The second-order valence-corrected chi connectivity index (χ2v) is 4.98. The molecule has 1 N–H and O–H groups in total. The Labute approximate surface area is 123 Å². The average Bonchev–Trinajstić information content (AvgIpc) is 3.02. The minimum atomic E-state index is -0.880. The second kappa shape index (κ2) is 6.18. The summed E-state index contributed by atoms with van der Waals surface area (Å²) in [6.45, 7) is 3.68. The normalized spacial score (nSPS) is 13.2. The van der Waals surface area contributed by atoms with Crippen molar-refractivity contribution in [2.24, 2.45) is 0 Å². The van der Waals surface area contributed by atoms with E-state index in [9.17, 15) is 10.1 Å². The summed E-state index contributed by atoms with van der Waals surface area (Å²) in [5, 5.41) is 16.0. The van der Waals surface area contributed by atoms with Crippen molar-refractivity contribution < 1.29 is 4.79 Å². The van der Waals surface area contributed by atoms with Gasteiger partial charge in [0.25, 0.3) is 5.91 Å². The van der Waals surface area contributed by atoms with Gasteiger partial charge >= 0.3 is 0 Å². The Morgan fingerprint density at radius 1 is 1.48 bits per heavy atom.